The molecule has 146 valence electrons. The molecule has 2 aromatic heterocycles. The van der Waals surface area contributed by atoms with Crippen LogP contribution >= 0.6 is 0 Å². The number of unbranched alkanes of at least 4 members (excludes halogenated alkanes) is 2. The van der Waals surface area contributed by atoms with Crippen LogP contribution in [0.5, 0.6) is 6.01 Å². The van der Waals surface area contributed by atoms with Crippen LogP contribution in [0.4, 0.5) is 0 Å². The van der Waals surface area contributed by atoms with E-state index in [0.29, 0.717) is 17.4 Å². The van der Waals surface area contributed by atoms with Crippen molar-refractivity contribution in [1.29, 1.82) is 0 Å². The monoisotopic (exact) mass is 375 g/mol. The van der Waals surface area contributed by atoms with Gasteiger partial charge in [-0.05, 0) is 44.1 Å². The molecule has 0 aromatic carbocycles. The molecule has 0 amide bonds. The minimum atomic E-state index is -0.526. The van der Waals surface area contributed by atoms with Gasteiger partial charge < -0.3 is 14.0 Å². The number of H-pyrrole nitrogens is 1. The quantitative estimate of drug-likeness (QED) is 0.589. The van der Waals surface area contributed by atoms with Crippen molar-refractivity contribution >= 4 is 16.8 Å². The first kappa shape index (κ1) is 19.3. The number of hydrogen-bond donors (Lipinski definition) is 1. The third-order valence-electron chi connectivity index (χ3n) is 4.83. The average Bonchev–Trinajstić information content (AvgIpc) is 2.66. The Morgan fingerprint density at radius 3 is 2.78 bits per heavy atom. The summed E-state index contributed by atoms with van der Waals surface area (Å²) in [6, 6.07) is 1.28. The maximum absolute atomic E-state index is 12.5. The number of aromatic amines is 1. The molecule has 0 unspecified atom stereocenters. The van der Waals surface area contributed by atoms with Crippen molar-refractivity contribution in [3.05, 3.63) is 32.4 Å². The molecule has 0 radical (unpaired) electrons. The van der Waals surface area contributed by atoms with E-state index in [4.69, 9.17) is 14.0 Å². The van der Waals surface area contributed by atoms with Gasteiger partial charge in [0.05, 0.1) is 11.8 Å². The molecule has 2 heterocycles. The van der Waals surface area contributed by atoms with E-state index in [1.807, 2.05) is 0 Å². The third-order valence-corrected chi connectivity index (χ3v) is 4.83. The SMILES string of the molecule is CCCCCc1cc(=O)oc2nc(ON=C3CCC(OC)CC3)[nH]c(=O)c12. The highest BCUT2D eigenvalue weighted by Crippen LogP contribution is 2.19. The Bertz CT molecular complexity index is 921. The number of oxime groups is 1. The van der Waals surface area contributed by atoms with E-state index in [1.165, 1.54) is 6.07 Å². The molecular weight excluding hydrogens is 350 g/mol. The maximum atomic E-state index is 12.5. The summed E-state index contributed by atoms with van der Waals surface area (Å²) in [4.78, 5) is 36.3. The van der Waals surface area contributed by atoms with Crippen LogP contribution in [0.1, 0.15) is 57.4 Å². The lowest BCUT2D eigenvalue weighted by atomic mass is 9.96. The molecule has 8 nitrogen and oxygen atoms in total. The van der Waals surface area contributed by atoms with Crippen molar-refractivity contribution in [2.75, 3.05) is 7.11 Å². The summed E-state index contributed by atoms with van der Waals surface area (Å²) in [6.45, 7) is 2.10. The lowest BCUT2D eigenvalue weighted by Gasteiger charge is -2.20. The normalized spacial score (nSPS) is 17.3. The molecule has 8 heteroatoms. The largest absolute Gasteiger partial charge is 0.403 e. The van der Waals surface area contributed by atoms with E-state index in [1.54, 1.807) is 7.11 Å². The molecule has 0 spiro atoms. The summed E-state index contributed by atoms with van der Waals surface area (Å²) in [7, 11) is 1.71. The Kier molecular flexibility index (Phi) is 6.39. The Labute approximate surface area is 156 Å². The standard InChI is InChI=1S/C19H25N3O5/c1-3-4-5-6-12-11-15(23)26-18-16(12)17(24)20-19(21-18)27-22-13-7-9-14(25-2)10-8-13/h11,14H,3-10H2,1-2H3,(H,20,21,24). The Balaban J connectivity index is 1.82. The van der Waals surface area contributed by atoms with E-state index < -0.39 is 11.2 Å². The Morgan fingerprint density at radius 2 is 2.07 bits per heavy atom. The molecule has 0 atom stereocenters. The molecule has 1 aliphatic carbocycles. The Morgan fingerprint density at radius 1 is 1.30 bits per heavy atom. The highest BCUT2D eigenvalue weighted by Gasteiger charge is 2.18. The zero-order valence-corrected chi connectivity index (χ0v) is 15.7. The lowest BCUT2D eigenvalue weighted by Crippen LogP contribution is -2.21. The smallest absolute Gasteiger partial charge is 0.337 e. The van der Waals surface area contributed by atoms with Crippen molar-refractivity contribution in [3.63, 3.8) is 0 Å². The van der Waals surface area contributed by atoms with E-state index in [-0.39, 0.29) is 17.8 Å². The predicted octanol–water partition coefficient (Wildman–Crippen LogP) is 2.93. The number of rotatable bonds is 7. The summed E-state index contributed by atoms with van der Waals surface area (Å²) in [5, 5.41) is 4.38. The van der Waals surface area contributed by atoms with Crippen LogP contribution in [0.2, 0.25) is 0 Å². The third kappa shape index (κ3) is 4.82. The molecule has 1 saturated carbocycles. The molecule has 27 heavy (non-hydrogen) atoms. The first-order valence-electron chi connectivity index (χ1n) is 9.43. The summed E-state index contributed by atoms with van der Waals surface area (Å²) >= 11 is 0. The summed E-state index contributed by atoms with van der Waals surface area (Å²) in [6.07, 6.45) is 7.16. The summed E-state index contributed by atoms with van der Waals surface area (Å²) in [5.74, 6) is 0. The van der Waals surface area contributed by atoms with Gasteiger partial charge in [0.15, 0.2) is 0 Å². The average molecular weight is 375 g/mol. The van der Waals surface area contributed by atoms with Gasteiger partial charge in [-0.2, -0.15) is 4.98 Å². The predicted molar refractivity (Wildman–Crippen MR) is 101 cm³/mol. The zero-order valence-electron chi connectivity index (χ0n) is 15.7. The number of methoxy groups -OCH3 is 1. The summed E-state index contributed by atoms with van der Waals surface area (Å²) < 4.78 is 10.4. The van der Waals surface area contributed by atoms with Crippen molar-refractivity contribution in [1.82, 2.24) is 9.97 Å². The van der Waals surface area contributed by atoms with Crippen LogP contribution in [0.25, 0.3) is 11.1 Å². The van der Waals surface area contributed by atoms with Crippen LogP contribution in [0.3, 0.4) is 0 Å². The van der Waals surface area contributed by atoms with E-state index in [2.05, 4.69) is 22.0 Å². The topological polar surface area (TPSA) is 107 Å². The zero-order chi connectivity index (χ0) is 19.2. The fourth-order valence-electron chi connectivity index (χ4n) is 3.29. The van der Waals surface area contributed by atoms with Gasteiger partial charge in [0.25, 0.3) is 5.56 Å². The van der Waals surface area contributed by atoms with Crippen LogP contribution in [-0.4, -0.2) is 28.9 Å². The maximum Gasteiger partial charge on any atom is 0.337 e. The number of fused-ring (bicyclic) bond motifs is 1. The Hall–Kier alpha value is -2.48. The highest BCUT2D eigenvalue weighted by atomic mass is 16.6. The molecule has 0 bridgehead atoms. The molecule has 1 aliphatic rings. The van der Waals surface area contributed by atoms with E-state index >= 15 is 0 Å². The number of aryl methyl sites for hydroxylation is 1. The van der Waals surface area contributed by atoms with Gasteiger partial charge in [0, 0.05) is 13.2 Å². The number of aromatic nitrogens is 2. The molecule has 2 aromatic rings. The number of nitrogens with one attached hydrogen (secondary N) is 1. The molecule has 1 fully saturated rings. The van der Waals surface area contributed by atoms with Crippen molar-refractivity contribution in [2.24, 2.45) is 5.16 Å². The molecule has 1 N–H and O–H groups in total. The van der Waals surface area contributed by atoms with Crippen LogP contribution in [-0.2, 0) is 11.2 Å². The minimum absolute atomic E-state index is 0.0176. The van der Waals surface area contributed by atoms with Gasteiger partial charge in [-0.25, -0.2) is 4.79 Å². The first-order chi connectivity index (χ1) is 13.1. The second-order valence-electron chi connectivity index (χ2n) is 6.78. The summed E-state index contributed by atoms with van der Waals surface area (Å²) in [5.41, 5.74) is 0.604. The minimum Gasteiger partial charge on any atom is -0.403 e. The first-order valence-corrected chi connectivity index (χ1v) is 9.43. The van der Waals surface area contributed by atoms with Gasteiger partial charge in [0.2, 0.25) is 5.71 Å². The van der Waals surface area contributed by atoms with Gasteiger partial charge in [0.1, 0.15) is 5.39 Å². The molecule has 0 saturated heterocycles. The van der Waals surface area contributed by atoms with Crippen LogP contribution in [0.15, 0.2) is 25.2 Å². The van der Waals surface area contributed by atoms with Gasteiger partial charge in [-0.1, -0.05) is 24.9 Å². The number of hydrogen-bond acceptors (Lipinski definition) is 7. The van der Waals surface area contributed by atoms with Crippen molar-refractivity contribution < 1.29 is 14.0 Å². The highest BCUT2D eigenvalue weighted by molar-refractivity contribution is 5.84. The fourth-order valence-corrected chi connectivity index (χ4v) is 3.29. The molecular formula is C19H25N3O5. The van der Waals surface area contributed by atoms with E-state index in [9.17, 15) is 9.59 Å². The second-order valence-corrected chi connectivity index (χ2v) is 6.78. The second kappa shape index (κ2) is 8.94. The van der Waals surface area contributed by atoms with Crippen LogP contribution in [0, 0.1) is 0 Å². The van der Waals surface area contributed by atoms with Crippen molar-refractivity contribution in [3.8, 4) is 6.01 Å². The molecule has 0 aliphatic heterocycles. The number of nitrogens with zero attached hydrogens (tertiary/aromatic N) is 2. The van der Waals surface area contributed by atoms with Crippen LogP contribution < -0.4 is 16.0 Å². The van der Waals surface area contributed by atoms with E-state index in [0.717, 1.165) is 50.7 Å². The fraction of sp³-hybridized carbons (Fsp3) is 0.579. The van der Waals surface area contributed by atoms with Gasteiger partial charge >= 0.3 is 11.6 Å². The lowest BCUT2D eigenvalue weighted by molar-refractivity contribution is 0.0856. The van der Waals surface area contributed by atoms with Gasteiger partial charge in [-0.15, -0.1) is 0 Å². The molecule has 3 rings (SSSR count). The number of ether oxygens (including phenoxy) is 1. The van der Waals surface area contributed by atoms with Gasteiger partial charge in [-0.3, -0.25) is 9.78 Å². The van der Waals surface area contributed by atoms with Crippen molar-refractivity contribution in [2.45, 2.75) is 64.4 Å².